The Morgan fingerprint density at radius 3 is 2.64 bits per heavy atom. The van der Waals surface area contributed by atoms with Crippen molar-refractivity contribution >= 4 is 28.3 Å². The molecule has 0 aromatic carbocycles. The van der Waals surface area contributed by atoms with E-state index in [9.17, 15) is 9.59 Å². The van der Waals surface area contributed by atoms with Gasteiger partial charge < -0.3 is 10.2 Å². The van der Waals surface area contributed by atoms with Crippen LogP contribution in [0.5, 0.6) is 0 Å². The van der Waals surface area contributed by atoms with E-state index in [4.69, 9.17) is 0 Å². The molecule has 1 unspecified atom stereocenters. The van der Waals surface area contributed by atoms with Gasteiger partial charge in [0.25, 0.3) is 0 Å². The molecule has 0 aliphatic carbocycles. The van der Waals surface area contributed by atoms with E-state index in [0.717, 1.165) is 30.6 Å². The molecule has 124 valence electrons. The zero-order chi connectivity index (χ0) is 16.5. The SMILES string of the molecule is CCCCCC(=O)N(CC(=O)Nc1ncc(C)s1)C(C)CC. The summed E-state index contributed by atoms with van der Waals surface area (Å²) in [5, 5.41) is 3.36. The smallest absolute Gasteiger partial charge is 0.245 e. The van der Waals surface area contributed by atoms with Crippen LogP contribution in [0.1, 0.15) is 57.8 Å². The average Bonchev–Trinajstić information content (AvgIpc) is 2.89. The number of hydrogen-bond acceptors (Lipinski definition) is 4. The summed E-state index contributed by atoms with van der Waals surface area (Å²) < 4.78 is 0. The van der Waals surface area contributed by atoms with Crippen LogP contribution in [-0.4, -0.2) is 34.3 Å². The largest absolute Gasteiger partial charge is 0.331 e. The number of anilines is 1. The van der Waals surface area contributed by atoms with Crippen molar-refractivity contribution in [3.8, 4) is 0 Å². The van der Waals surface area contributed by atoms with Gasteiger partial charge in [-0.2, -0.15) is 0 Å². The van der Waals surface area contributed by atoms with Crippen LogP contribution in [-0.2, 0) is 9.59 Å². The first-order valence-corrected chi connectivity index (χ1v) is 8.81. The second kappa shape index (κ2) is 9.56. The lowest BCUT2D eigenvalue weighted by atomic mass is 10.1. The van der Waals surface area contributed by atoms with Crippen LogP contribution in [0, 0.1) is 6.92 Å². The van der Waals surface area contributed by atoms with E-state index >= 15 is 0 Å². The third-order valence-corrected chi connectivity index (χ3v) is 4.45. The first-order valence-electron chi connectivity index (χ1n) is 7.99. The number of aryl methyl sites for hydroxylation is 1. The lowest BCUT2D eigenvalue weighted by molar-refractivity contribution is -0.136. The number of carbonyl (C=O) groups is 2. The highest BCUT2D eigenvalue weighted by molar-refractivity contribution is 7.15. The van der Waals surface area contributed by atoms with Crippen LogP contribution < -0.4 is 5.32 Å². The number of amides is 2. The molecule has 0 aliphatic heterocycles. The second-order valence-corrected chi connectivity index (χ2v) is 6.80. The highest BCUT2D eigenvalue weighted by atomic mass is 32.1. The maximum Gasteiger partial charge on any atom is 0.245 e. The molecule has 22 heavy (non-hydrogen) atoms. The maximum absolute atomic E-state index is 12.3. The lowest BCUT2D eigenvalue weighted by Crippen LogP contribution is -2.43. The molecule has 1 atom stereocenters. The topological polar surface area (TPSA) is 62.3 Å². The summed E-state index contributed by atoms with van der Waals surface area (Å²) >= 11 is 1.44. The van der Waals surface area contributed by atoms with Crippen molar-refractivity contribution in [1.82, 2.24) is 9.88 Å². The summed E-state index contributed by atoms with van der Waals surface area (Å²) in [6.45, 7) is 8.16. The molecule has 1 rings (SSSR count). The van der Waals surface area contributed by atoms with Crippen molar-refractivity contribution in [2.24, 2.45) is 0 Å². The van der Waals surface area contributed by atoms with Gasteiger partial charge in [-0.3, -0.25) is 9.59 Å². The summed E-state index contributed by atoms with van der Waals surface area (Å²) in [6.07, 6.45) is 6.09. The fraction of sp³-hybridized carbons (Fsp3) is 0.688. The number of carbonyl (C=O) groups excluding carboxylic acids is 2. The Balaban J connectivity index is 2.59. The molecule has 0 fully saturated rings. The zero-order valence-electron chi connectivity index (χ0n) is 14.0. The molecule has 0 saturated carbocycles. The van der Waals surface area contributed by atoms with E-state index in [1.165, 1.54) is 11.3 Å². The fourth-order valence-electron chi connectivity index (χ4n) is 2.11. The highest BCUT2D eigenvalue weighted by Crippen LogP contribution is 2.17. The lowest BCUT2D eigenvalue weighted by Gasteiger charge is -2.28. The fourth-order valence-corrected chi connectivity index (χ4v) is 2.79. The molecule has 0 bridgehead atoms. The number of hydrogen-bond donors (Lipinski definition) is 1. The van der Waals surface area contributed by atoms with E-state index in [1.54, 1.807) is 11.1 Å². The van der Waals surface area contributed by atoms with Gasteiger partial charge in [-0.1, -0.05) is 26.7 Å². The first-order chi connectivity index (χ1) is 10.5. The number of nitrogens with zero attached hydrogens (tertiary/aromatic N) is 2. The molecule has 1 heterocycles. The Morgan fingerprint density at radius 2 is 2.09 bits per heavy atom. The van der Waals surface area contributed by atoms with Crippen LogP contribution in [0.15, 0.2) is 6.20 Å². The summed E-state index contributed by atoms with van der Waals surface area (Å²) in [6, 6.07) is 0.0675. The van der Waals surface area contributed by atoms with E-state index in [1.807, 2.05) is 20.8 Å². The van der Waals surface area contributed by atoms with Crippen molar-refractivity contribution < 1.29 is 9.59 Å². The van der Waals surface area contributed by atoms with E-state index < -0.39 is 0 Å². The molecule has 0 radical (unpaired) electrons. The Hall–Kier alpha value is -1.43. The Kier molecular flexibility index (Phi) is 8.09. The molecule has 0 saturated heterocycles. The molecule has 1 aromatic rings. The molecule has 0 aliphatic rings. The minimum atomic E-state index is -0.182. The zero-order valence-corrected chi connectivity index (χ0v) is 14.8. The van der Waals surface area contributed by atoms with Gasteiger partial charge in [0.05, 0.1) is 0 Å². The van der Waals surface area contributed by atoms with Gasteiger partial charge >= 0.3 is 0 Å². The van der Waals surface area contributed by atoms with Gasteiger partial charge in [0.15, 0.2) is 5.13 Å². The van der Waals surface area contributed by atoms with Crippen molar-refractivity contribution in [1.29, 1.82) is 0 Å². The molecular weight excluding hydrogens is 298 g/mol. The highest BCUT2D eigenvalue weighted by Gasteiger charge is 2.21. The third kappa shape index (κ3) is 6.13. The van der Waals surface area contributed by atoms with Crippen molar-refractivity contribution in [3.05, 3.63) is 11.1 Å². The number of nitrogens with one attached hydrogen (secondary N) is 1. The van der Waals surface area contributed by atoms with Gasteiger partial charge in [0, 0.05) is 23.5 Å². The van der Waals surface area contributed by atoms with Crippen LogP contribution in [0.4, 0.5) is 5.13 Å². The van der Waals surface area contributed by atoms with Gasteiger partial charge in [-0.05, 0) is 26.7 Å². The van der Waals surface area contributed by atoms with E-state index in [2.05, 4.69) is 17.2 Å². The first kappa shape index (κ1) is 18.6. The monoisotopic (exact) mass is 325 g/mol. The molecular formula is C16H27N3O2S. The number of thiazole rings is 1. The standard InChI is InChI=1S/C16H27N3O2S/c1-5-7-8-9-15(21)19(12(3)6-2)11-14(20)18-16-17-10-13(4)22-16/h10,12H,5-9,11H2,1-4H3,(H,17,18,20). The predicted octanol–water partition coefficient (Wildman–Crippen LogP) is 3.60. The Bertz CT molecular complexity index is 487. The van der Waals surface area contributed by atoms with Crippen LogP contribution in [0.25, 0.3) is 0 Å². The minimum absolute atomic E-state index is 0.0632. The second-order valence-electron chi connectivity index (χ2n) is 5.56. The Morgan fingerprint density at radius 1 is 1.36 bits per heavy atom. The van der Waals surface area contributed by atoms with Crippen molar-refractivity contribution in [2.75, 3.05) is 11.9 Å². The van der Waals surface area contributed by atoms with Gasteiger partial charge in [0.1, 0.15) is 6.54 Å². The number of unbranched alkanes of at least 4 members (excludes halogenated alkanes) is 2. The van der Waals surface area contributed by atoms with Crippen LogP contribution >= 0.6 is 11.3 Å². The summed E-state index contributed by atoms with van der Waals surface area (Å²) in [7, 11) is 0. The number of aromatic nitrogens is 1. The molecule has 2 amide bonds. The molecule has 6 heteroatoms. The average molecular weight is 325 g/mol. The Labute approximate surface area is 137 Å². The third-order valence-electron chi connectivity index (χ3n) is 3.62. The van der Waals surface area contributed by atoms with Gasteiger partial charge in [-0.15, -0.1) is 11.3 Å². The van der Waals surface area contributed by atoms with Crippen LogP contribution in [0.3, 0.4) is 0 Å². The molecule has 0 spiro atoms. The van der Waals surface area contributed by atoms with Crippen molar-refractivity contribution in [3.63, 3.8) is 0 Å². The summed E-state index contributed by atoms with van der Waals surface area (Å²) in [5.41, 5.74) is 0. The minimum Gasteiger partial charge on any atom is -0.331 e. The van der Waals surface area contributed by atoms with Gasteiger partial charge in [0.2, 0.25) is 11.8 Å². The summed E-state index contributed by atoms with van der Waals surface area (Å²) in [5.74, 6) is -0.119. The number of rotatable bonds is 9. The van der Waals surface area contributed by atoms with Crippen LogP contribution in [0.2, 0.25) is 0 Å². The quantitative estimate of drug-likeness (QED) is 0.706. The van der Waals surface area contributed by atoms with E-state index in [-0.39, 0.29) is 24.4 Å². The van der Waals surface area contributed by atoms with Gasteiger partial charge in [-0.25, -0.2) is 4.98 Å². The molecule has 1 N–H and O–H groups in total. The normalized spacial score (nSPS) is 12.0. The summed E-state index contributed by atoms with van der Waals surface area (Å²) in [4.78, 5) is 31.3. The molecule has 5 nitrogen and oxygen atoms in total. The van der Waals surface area contributed by atoms with Crippen molar-refractivity contribution in [2.45, 2.75) is 65.8 Å². The predicted molar refractivity (Wildman–Crippen MR) is 91.1 cm³/mol. The maximum atomic E-state index is 12.3. The molecule has 1 aromatic heterocycles. The van der Waals surface area contributed by atoms with E-state index in [0.29, 0.717) is 11.6 Å².